The normalized spacial score (nSPS) is 13.8. The first kappa shape index (κ1) is 17.4. The number of pyridine rings is 1. The number of amides is 1. The average Bonchev–Trinajstić information content (AvgIpc) is 2.69. The van der Waals surface area contributed by atoms with Gasteiger partial charge in [-0.2, -0.15) is 0 Å². The molecular formula is C22H20FN3O. The van der Waals surface area contributed by atoms with E-state index in [1.165, 1.54) is 29.8 Å². The van der Waals surface area contributed by atoms with E-state index in [0.717, 1.165) is 42.9 Å². The highest BCUT2D eigenvalue weighted by Crippen LogP contribution is 2.26. The number of anilines is 1. The van der Waals surface area contributed by atoms with Crippen molar-refractivity contribution in [3.05, 3.63) is 95.1 Å². The molecule has 0 spiro atoms. The lowest BCUT2D eigenvalue weighted by Gasteiger charge is -2.29. The van der Waals surface area contributed by atoms with E-state index < -0.39 is 0 Å². The van der Waals surface area contributed by atoms with Crippen LogP contribution in [0.5, 0.6) is 0 Å². The summed E-state index contributed by atoms with van der Waals surface area (Å²) in [4.78, 5) is 19.1. The number of benzene rings is 2. The summed E-state index contributed by atoms with van der Waals surface area (Å²) in [5.74, 6) is -0.610. The zero-order valence-electron chi connectivity index (χ0n) is 14.9. The molecule has 2 heterocycles. The summed E-state index contributed by atoms with van der Waals surface area (Å²) in [6.45, 7) is 2.62. The van der Waals surface area contributed by atoms with Crippen LogP contribution < -0.4 is 5.32 Å². The molecule has 4 rings (SSSR count). The number of nitrogens with zero attached hydrogens (tertiary/aromatic N) is 2. The minimum atomic E-state index is -0.358. The topological polar surface area (TPSA) is 45.2 Å². The summed E-state index contributed by atoms with van der Waals surface area (Å²) in [7, 11) is 0. The molecule has 0 saturated heterocycles. The van der Waals surface area contributed by atoms with E-state index >= 15 is 0 Å². The highest BCUT2D eigenvalue weighted by molar-refractivity contribution is 6.04. The number of rotatable bonds is 4. The Morgan fingerprint density at radius 3 is 2.63 bits per heavy atom. The SMILES string of the molecule is O=C(Nc1cncc2c1CCN(Cc1ccccc1)C2)c1ccc(F)cc1. The van der Waals surface area contributed by atoms with Gasteiger partial charge in [-0.25, -0.2) is 4.39 Å². The van der Waals surface area contributed by atoms with Gasteiger partial charge in [-0.05, 0) is 47.4 Å². The van der Waals surface area contributed by atoms with Gasteiger partial charge in [0.1, 0.15) is 5.82 Å². The van der Waals surface area contributed by atoms with Crippen LogP contribution in [0.1, 0.15) is 27.0 Å². The molecule has 1 amide bonds. The molecule has 3 aromatic rings. The molecule has 0 bridgehead atoms. The number of aromatic nitrogens is 1. The minimum absolute atomic E-state index is 0.253. The monoisotopic (exact) mass is 361 g/mol. The number of nitrogens with one attached hydrogen (secondary N) is 1. The number of carbonyl (C=O) groups excluding carboxylic acids is 1. The average molecular weight is 361 g/mol. The van der Waals surface area contributed by atoms with Gasteiger partial charge in [-0.3, -0.25) is 14.7 Å². The van der Waals surface area contributed by atoms with Crippen molar-refractivity contribution in [3.63, 3.8) is 0 Å². The fraction of sp³-hybridized carbons (Fsp3) is 0.182. The van der Waals surface area contributed by atoms with E-state index in [4.69, 9.17) is 0 Å². The standard InChI is InChI=1S/C22H20FN3O/c23-19-8-6-17(7-9-19)22(27)25-21-13-24-12-18-15-26(11-10-20(18)21)14-16-4-2-1-3-5-16/h1-9,12-13H,10-11,14-15H2,(H,25,27). The number of fused-ring (bicyclic) bond motifs is 1. The van der Waals surface area contributed by atoms with Gasteiger partial charge in [0.05, 0.1) is 11.9 Å². The summed E-state index contributed by atoms with van der Waals surface area (Å²) < 4.78 is 13.0. The Hall–Kier alpha value is -3.05. The van der Waals surface area contributed by atoms with Gasteiger partial charge in [0.15, 0.2) is 0 Å². The Bertz CT molecular complexity index is 942. The number of hydrogen-bond donors (Lipinski definition) is 1. The predicted octanol–water partition coefficient (Wildman–Crippen LogP) is 4.03. The minimum Gasteiger partial charge on any atom is -0.320 e. The Morgan fingerprint density at radius 2 is 1.85 bits per heavy atom. The van der Waals surface area contributed by atoms with Crippen LogP contribution in [0, 0.1) is 5.82 Å². The lowest BCUT2D eigenvalue weighted by atomic mass is 9.99. The van der Waals surface area contributed by atoms with E-state index in [0.29, 0.717) is 5.56 Å². The van der Waals surface area contributed by atoms with Gasteiger partial charge in [0.25, 0.3) is 5.91 Å². The van der Waals surface area contributed by atoms with Gasteiger partial charge in [0.2, 0.25) is 0 Å². The number of hydrogen-bond acceptors (Lipinski definition) is 3. The van der Waals surface area contributed by atoms with Gasteiger partial charge >= 0.3 is 0 Å². The second kappa shape index (κ2) is 7.68. The fourth-order valence-corrected chi connectivity index (χ4v) is 3.43. The highest BCUT2D eigenvalue weighted by atomic mass is 19.1. The number of halogens is 1. The van der Waals surface area contributed by atoms with Gasteiger partial charge < -0.3 is 5.32 Å². The van der Waals surface area contributed by atoms with Crippen molar-refractivity contribution in [3.8, 4) is 0 Å². The molecule has 1 aromatic heterocycles. The maximum absolute atomic E-state index is 13.0. The summed E-state index contributed by atoms with van der Waals surface area (Å²) in [5, 5.41) is 2.93. The molecular weight excluding hydrogens is 341 g/mol. The summed E-state index contributed by atoms with van der Waals surface area (Å²) >= 11 is 0. The molecule has 136 valence electrons. The molecule has 0 radical (unpaired) electrons. The third kappa shape index (κ3) is 4.04. The summed E-state index contributed by atoms with van der Waals surface area (Å²) in [6.07, 6.45) is 4.41. The maximum Gasteiger partial charge on any atom is 0.255 e. The molecule has 1 aliphatic rings. The van der Waals surface area contributed by atoms with Crippen molar-refractivity contribution in [1.29, 1.82) is 0 Å². The van der Waals surface area contributed by atoms with Crippen molar-refractivity contribution in [1.82, 2.24) is 9.88 Å². The van der Waals surface area contributed by atoms with Crippen LogP contribution >= 0.6 is 0 Å². The molecule has 0 saturated carbocycles. The van der Waals surface area contributed by atoms with E-state index in [-0.39, 0.29) is 11.7 Å². The summed E-state index contributed by atoms with van der Waals surface area (Å²) in [5.41, 5.74) is 4.71. The molecule has 27 heavy (non-hydrogen) atoms. The molecule has 0 aliphatic carbocycles. The number of carbonyl (C=O) groups is 1. The van der Waals surface area contributed by atoms with E-state index in [2.05, 4.69) is 39.5 Å². The fourth-order valence-electron chi connectivity index (χ4n) is 3.43. The summed E-state index contributed by atoms with van der Waals surface area (Å²) in [6, 6.07) is 15.9. The Balaban J connectivity index is 1.48. The van der Waals surface area contributed by atoms with Gasteiger partial charge in [-0.1, -0.05) is 30.3 Å². The molecule has 0 fully saturated rings. The Morgan fingerprint density at radius 1 is 1.07 bits per heavy atom. The maximum atomic E-state index is 13.0. The zero-order valence-corrected chi connectivity index (χ0v) is 14.9. The first-order valence-electron chi connectivity index (χ1n) is 8.98. The van der Waals surface area contributed by atoms with Crippen molar-refractivity contribution in [2.75, 3.05) is 11.9 Å². The molecule has 4 nitrogen and oxygen atoms in total. The largest absolute Gasteiger partial charge is 0.320 e. The van der Waals surface area contributed by atoms with E-state index in [9.17, 15) is 9.18 Å². The first-order chi connectivity index (χ1) is 13.2. The predicted molar refractivity (Wildman–Crippen MR) is 103 cm³/mol. The van der Waals surface area contributed by atoms with Crippen molar-refractivity contribution in [2.24, 2.45) is 0 Å². The lowest BCUT2D eigenvalue weighted by Crippen LogP contribution is -2.31. The van der Waals surface area contributed by atoms with Gasteiger partial charge in [-0.15, -0.1) is 0 Å². The second-order valence-corrected chi connectivity index (χ2v) is 6.73. The van der Waals surface area contributed by atoms with Crippen LogP contribution in [0.15, 0.2) is 67.0 Å². The van der Waals surface area contributed by atoms with Crippen molar-refractivity contribution in [2.45, 2.75) is 19.5 Å². The van der Waals surface area contributed by atoms with Gasteiger partial charge in [0, 0.05) is 31.4 Å². The smallest absolute Gasteiger partial charge is 0.255 e. The third-order valence-electron chi connectivity index (χ3n) is 4.82. The Kier molecular flexibility index (Phi) is 4.94. The van der Waals surface area contributed by atoms with Crippen LogP contribution in [0.2, 0.25) is 0 Å². The molecule has 0 atom stereocenters. The van der Waals surface area contributed by atoms with E-state index in [1.807, 2.05) is 12.3 Å². The molecule has 2 aromatic carbocycles. The zero-order chi connectivity index (χ0) is 18.6. The van der Waals surface area contributed by atoms with Crippen LogP contribution in [0.4, 0.5) is 10.1 Å². The molecule has 1 aliphatic heterocycles. The van der Waals surface area contributed by atoms with Crippen LogP contribution in [-0.4, -0.2) is 22.3 Å². The molecule has 1 N–H and O–H groups in total. The Labute approximate surface area is 157 Å². The van der Waals surface area contributed by atoms with Crippen LogP contribution in [0.25, 0.3) is 0 Å². The molecule has 0 unspecified atom stereocenters. The van der Waals surface area contributed by atoms with Crippen molar-refractivity contribution < 1.29 is 9.18 Å². The quantitative estimate of drug-likeness (QED) is 0.763. The van der Waals surface area contributed by atoms with Crippen molar-refractivity contribution >= 4 is 11.6 Å². The first-order valence-corrected chi connectivity index (χ1v) is 8.98. The lowest BCUT2D eigenvalue weighted by molar-refractivity contribution is 0.102. The molecule has 5 heteroatoms. The third-order valence-corrected chi connectivity index (χ3v) is 4.82. The van der Waals surface area contributed by atoms with Crippen LogP contribution in [-0.2, 0) is 19.5 Å². The van der Waals surface area contributed by atoms with E-state index in [1.54, 1.807) is 6.20 Å². The highest BCUT2D eigenvalue weighted by Gasteiger charge is 2.20. The second-order valence-electron chi connectivity index (χ2n) is 6.73. The van der Waals surface area contributed by atoms with Crippen LogP contribution in [0.3, 0.4) is 0 Å².